The van der Waals surface area contributed by atoms with Crippen LogP contribution in [0.3, 0.4) is 0 Å². The number of amides is 1. The molecule has 1 fully saturated rings. The highest BCUT2D eigenvalue weighted by Gasteiger charge is 2.29. The molecule has 0 heterocycles. The predicted octanol–water partition coefficient (Wildman–Crippen LogP) is 3.59. The maximum atomic E-state index is 12.2. The van der Waals surface area contributed by atoms with Gasteiger partial charge in [0.15, 0.2) is 5.78 Å². The fraction of sp³-hybridized carbons (Fsp3) is 0.571. The Kier molecular flexibility index (Phi) is 8.30. The molecule has 0 spiro atoms. The van der Waals surface area contributed by atoms with Gasteiger partial charge in [-0.2, -0.15) is 0 Å². The molecule has 2 N–H and O–H groups in total. The summed E-state index contributed by atoms with van der Waals surface area (Å²) in [7, 11) is 1.57. The lowest BCUT2D eigenvalue weighted by Crippen LogP contribution is -2.43. The van der Waals surface area contributed by atoms with Crippen LogP contribution in [-0.2, 0) is 9.59 Å². The van der Waals surface area contributed by atoms with Crippen molar-refractivity contribution in [3.63, 3.8) is 0 Å². The van der Waals surface area contributed by atoms with E-state index in [1.165, 1.54) is 0 Å². The average Bonchev–Trinajstić information content (AvgIpc) is 2.63. The van der Waals surface area contributed by atoms with Crippen molar-refractivity contribution in [1.82, 2.24) is 5.32 Å². The first kappa shape index (κ1) is 20.9. The Balaban J connectivity index is 1.79. The van der Waals surface area contributed by atoms with Crippen molar-refractivity contribution in [2.75, 3.05) is 7.11 Å². The maximum Gasteiger partial charge on any atom is 0.308 e. The van der Waals surface area contributed by atoms with Gasteiger partial charge >= 0.3 is 5.97 Å². The Hall–Kier alpha value is -2.37. The summed E-state index contributed by atoms with van der Waals surface area (Å²) in [4.78, 5) is 36.0. The number of hydrogen-bond acceptors (Lipinski definition) is 4. The minimum Gasteiger partial charge on any atom is -0.497 e. The molecule has 1 aliphatic carbocycles. The topological polar surface area (TPSA) is 92.7 Å². The van der Waals surface area contributed by atoms with Crippen LogP contribution in [0, 0.1) is 5.92 Å². The van der Waals surface area contributed by atoms with Crippen LogP contribution in [0.1, 0.15) is 68.1 Å². The molecule has 6 nitrogen and oxygen atoms in total. The van der Waals surface area contributed by atoms with Crippen LogP contribution in [-0.4, -0.2) is 35.9 Å². The first-order valence-electron chi connectivity index (χ1n) is 9.70. The van der Waals surface area contributed by atoms with E-state index in [0.29, 0.717) is 30.6 Å². The van der Waals surface area contributed by atoms with E-state index in [4.69, 9.17) is 4.74 Å². The van der Waals surface area contributed by atoms with Gasteiger partial charge in [0.05, 0.1) is 13.0 Å². The Bertz CT molecular complexity index is 640. The molecule has 1 amide bonds. The molecule has 2 atom stereocenters. The van der Waals surface area contributed by atoms with E-state index in [9.17, 15) is 19.5 Å². The minimum absolute atomic E-state index is 0.0141. The quantitative estimate of drug-likeness (QED) is 0.678. The van der Waals surface area contributed by atoms with Crippen molar-refractivity contribution in [3.8, 4) is 5.75 Å². The zero-order valence-corrected chi connectivity index (χ0v) is 15.9. The minimum atomic E-state index is -0.836. The number of nitrogens with one attached hydrogen (secondary N) is 1. The number of hydrogen-bond donors (Lipinski definition) is 2. The van der Waals surface area contributed by atoms with Gasteiger partial charge in [0.1, 0.15) is 5.75 Å². The van der Waals surface area contributed by atoms with Crippen LogP contribution in [0.5, 0.6) is 5.75 Å². The van der Waals surface area contributed by atoms with E-state index < -0.39 is 11.9 Å². The maximum absolute atomic E-state index is 12.2. The molecular weight excluding hydrogens is 346 g/mol. The van der Waals surface area contributed by atoms with Crippen molar-refractivity contribution >= 4 is 17.7 Å². The monoisotopic (exact) mass is 375 g/mol. The average molecular weight is 375 g/mol. The first-order valence-corrected chi connectivity index (χ1v) is 9.70. The number of carbonyl (C=O) groups is 3. The summed E-state index contributed by atoms with van der Waals surface area (Å²) >= 11 is 0. The van der Waals surface area contributed by atoms with Gasteiger partial charge in [-0.25, -0.2) is 0 Å². The van der Waals surface area contributed by atoms with Crippen LogP contribution in [0.25, 0.3) is 0 Å². The molecule has 1 aliphatic rings. The van der Waals surface area contributed by atoms with Gasteiger partial charge in [0.25, 0.3) is 0 Å². The first-order chi connectivity index (χ1) is 13.0. The third-order valence-electron chi connectivity index (χ3n) is 5.15. The molecule has 1 aromatic rings. The molecule has 1 aromatic carbocycles. The lowest BCUT2D eigenvalue weighted by Gasteiger charge is -2.27. The number of ether oxygens (including phenoxy) is 1. The van der Waals surface area contributed by atoms with Crippen molar-refractivity contribution in [3.05, 3.63) is 29.8 Å². The van der Waals surface area contributed by atoms with Crippen molar-refractivity contribution in [2.24, 2.45) is 5.92 Å². The Morgan fingerprint density at radius 2 is 1.70 bits per heavy atom. The Morgan fingerprint density at radius 1 is 1.04 bits per heavy atom. The molecule has 148 valence electrons. The summed E-state index contributed by atoms with van der Waals surface area (Å²) in [5.74, 6) is -0.848. The van der Waals surface area contributed by atoms with Crippen molar-refractivity contribution < 1.29 is 24.2 Å². The molecule has 1 saturated carbocycles. The lowest BCUT2D eigenvalue weighted by molar-refractivity contribution is -0.143. The number of ketones is 1. The second-order valence-corrected chi connectivity index (χ2v) is 7.12. The summed E-state index contributed by atoms with van der Waals surface area (Å²) < 4.78 is 5.07. The van der Waals surface area contributed by atoms with Crippen LogP contribution in [0.4, 0.5) is 0 Å². The highest BCUT2D eigenvalue weighted by atomic mass is 16.5. The number of carboxylic acid groups (broad SMARTS) is 1. The highest BCUT2D eigenvalue weighted by molar-refractivity contribution is 5.96. The normalized spacial score (nSPS) is 20.2. The van der Waals surface area contributed by atoms with Gasteiger partial charge in [0.2, 0.25) is 5.91 Å². The summed E-state index contributed by atoms with van der Waals surface area (Å²) in [5, 5.41) is 12.3. The SMILES string of the molecule is COc1ccc(C(=O)CCCC(=O)NC2CCCCCCC2C(=O)O)cc1. The molecule has 0 radical (unpaired) electrons. The summed E-state index contributed by atoms with van der Waals surface area (Å²) in [6.45, 7) is 0. The third-order valence-corrected chi connectivity index (χ3v) is 5.15. The molecule has 6 heteroatoms. The van der Waals surface area contributed by atoms with E-state index >= 15 is 0 Å². The lowest BCUT2D eigenvalue weighted by atomic mass is 9.86. The number of rotatable bonds is 8. The molecule has 0 bridgehead atoms. The summed E-state index contributed by atoms with van der Waals surface area (Å²) in [6.07, 6.45) is 6.22. The van der Waals surface area contributed by atoms with Gasteiger partial charge < -0.3 is 15.2 Å². The number of benzene rings is 1. The second-order valence-electron chi connectivity index (χ2n) is 7.12. The van der Waals surface area contributed by atoms with Crippen molar-refractivity contribution in [1.29, 1.82) is 0 Å². The molecule has 27 heavy (non-hydrogen) atoms. The van der Waals surface area contributed by atoms with E-state index in [0.717, 1.165) is 25.7 Å². The summed E-state index contributed by atoms with van der Waals surface area (Å²) in [5.41, 5.74) is 0.599. The Labute approximate surface area is 160 Å². The fourth-order valence-electron chi connectivity index (χ4n) is 3.56. The molecule has 2 rings (SSSR count). The van der Waals surface area contributed by atoms with Gasteiger partial charge in [-0.3, -0.25) is 14.4 Å². The molecule has 2 unspecified atom stereocenters. The van der Waals surface area contributed by atoms with E-state index in [1.54, 1.807) is 31.4 Å². The third kappa shape index (κ3) is 6.70. The fourth-order valence-corrected chi connectivity index (χ4v) is 3.56. The van der Waals surface area contributed by atoms with E-state index in [2.05, 4.69) is 5.32 Å². The number of methoxy groups -OCH3 is 1. The number of carboxylic acids is 1. The molecule has 0 aliphatic heterocycles. The zero-order chi connectivity index (χ0) is 19.6. The number of Topliss-reactive ketones (excluding diaryl/α,β-unsaturated/α-hetero) is 1. The van der Waals surface area contributed by atoms with Gasteiger partial charge in [-0.05, 0) is 43.5 Å². The van der Waals surface area contributed by atoms with E-state index in [-0.39, 0.29) is 30.6 Å². The number of aliphatic carboxylic acids is 1. The molecule has 0 aromatic heterocycles. The standard InChI is InChI=1S/C21H29NO5/c1-27-16-13-11-15(12-14-16)19(23)9-6-10-20(24)22-18-8-5-3-2-4-7-17(18)21(25)26/h11-14,17-18H,2-10H2,1H3,(H,22,24)(H,25,26). The van der Waals surface area contributed by atoms with Crippen LogP contribution >= 0.6 is 0 Å². The predicted molar refractivity (Wildman–Crippen MR) is 102 cm³/mol. The summed E-state index contributed by atoms with van der Waals surface area (Å²) in [6, 6.07) is 6.59. The second kappa shape index (κ2) is 10.7. The highest BCUT2D eigenvalue weighted by Crippen LogP contribution is 2.23. The van der Waals surface area contributed by atoms with Gasteiger partial charge in [-0.1, -0.05) is 25.7 Å². The number of carbonyl (C=O) groups excluding carboxylic acids is 2. The van der Waals surface area contributed by atoms with Crippen molar-refractivity contribution in [2.45, 2.75) is 63.8 Å². The van der Waals surface area contributed by atoms with Crippen LogP contribution in [0.15, 0.2) is 24.3 Å². The van der Waals surface area contributed by atoms with Crippen LogP contribution in [0.2, 0.25) is 0 Å². The Morgan fingerprint density at radius 3 is 2.33 bits per heavy atom. The largest absolute Gasteiger partial charge is 0.497 e. The van der Waals surface area contributed by atoms with Crippen LogP contribution < -0.4 is 10.1 Å². The molecule has 0 saturated heterocycles. The zero-order valence-electron chi connectivity index (χ0n) is 15.9. The van der Waals surface area contributed by atoms with Gasteiger partial charge in [-0.15, -0.1) is 0 Å². The van der Waals surface area contributed by atoms with E-state index in [1.807, 2.05) is 0 Å². The smallest absolute Gasteiger partial charge is 0.308 e. The molecular formula is C21H29NO5. The van der Waals surface area contributed by atoms with Gasteiger partial charge in [0, 0.05) is 24.4 Å².